The lowest BCUT2D eigenvalue weighted by atomic mass is 10.1. The molecule has 0 bridgehead atoms. The van der Waals surface area contributed by atoms with Gasteiger partial charge in [0.2, 0.25) is 5.91 Å². The minimum absolute atomic E-state index is 0.0184. The predicted molar refractivity (Wildman–Crippen MR) is 102 cm³/mol. The molecule has 0 aromatic heterocycles. The van der Waals surface area contributed by atoms with Gasteiger partial charge in [0.1, 0.15) is 25.1 Å². The Bertz CT molecular complexity index is 693. The number of benzene rings is 2. The van der Waals surface area contributed by atoms with E-state index in [-0.39, 0.29) is 18.6 Å². The molecule has 1 aliphatic heterocycles. The molecule has 6 heteroatoms. The van der Waals surface area contributed by atoms with Gasteiger partial charge in [-0.25, -0.2) is 0 Å². The van der Waals surface area contributed by atoms with E-state index in [4.69, 9.17) is 14.2 Å². The van der Waals surface area contributed by atoms with Crippen molar-refractivity contribution in [2.45, 2.75) is 6.10 Å². The van der Waals surface area contributed by atoms with E-state index in [9.17, 15) is 4.79 Å². The van der Waals surface area contributed by atoms with Crippen molar-refractivity contribution in [3.05, 3.63) is 64.6 Å². The van der Waals surface area contributed by atoms with Gasteiger partial charge in [0.05, 0.1) is 19.8 Å². The van der Waals surface area contributed by atoms with Crippen LogP contribution in [0.5, 0.6) is 5.75 Å². The molecule has 0 N–H and O–H groups in total. The molecule has 0 aliphatic carbocycles. The number of carbonyl (C=O) groups excluding carboxylic acids is 1. The Morgan fingerprint density at radius 3 is 2.65 bits per heavy atom. The van der Waals surface area contributed by atoms with Gasteiger partial charge in [-0.05, 0) is 29.8 Å². The number of morpholine rings is 1. The molecule has 1 unspecified atom stereocenters. The van der Waals surface area contributed by atoms with E-state index in [1.54, 1.807) is 4.90 Å². The van der Waals surface area contributed by atoms with E-state index in [1.807, 2.05) is 54.6 Å². The number of amides is 1. The number of ether oxygens (including phenoxy) is 3. The first-order chi connectivity index (χ1) is 12.7. The van der Waals surface area contributed by atoms with Crippen LogP contribution in [0.2, 0.25) is 0 Å². The van der Waals surface area contributed by atoms with Crippen LogP contribution < -0.4 is 4.74 Å². The third-order valence-corrected chi connectivity index (χ3v) is 4.65. The highest BCUT2D eigenvalue weighted by molar-refractivity contribution is 9.10. The average molecular weight is 420 g/mol. The Balaban J connectivity index is 1.39. The standard InChI is InChI=1S/C20H22BrNO4/c21-17-8-6-16(7-9-17)19-14-22(10-11-26-19)20(23)15-24-12-13-25-18-4-2-1-3-5-18/h1-9,19H,10-15H2. The minimum Gasteiger partial charge on any atom is -0.491 e. The molecule has 0 saturated carbocycles. The molecule has 2 aromatic carbocycles. The van der Waals surface area contributed by atoms with Gasteiger partial charge in [0.15, 0.2) is 0 Å². The summed E-state index contributed by atoms with van der Waals surface area (Å²) < 4.78 is 17.8. The topological polar surface area (TPSA) is 48.0 Å². The molecule has 1 amide bonds. The van der Waals surface area contributed by atoms with Crippen molar-refractivity contribution in [1.82, 2.24) is 4.90 Å². The fourth-order valence-electron chi connectivity index (χ4n) is 2.74. The summed E-state index contributed by atoms with van der Waals surface area (Å²) in [6, 6.07) is 17.5. The van der Waals surface area contributed by atoms with Crippen LogP contribution in [0, 0.1) is 0 Å². The highest BCUT2D eigenvalue weighted by Crippen LogP contribution is 2.23. The molecule has 1 heterocycles. The maximum absolute atomic E-state index is 12.4. The monoisotopic (exact) mass is 419 g/mol. The summed E-state index contributed by atoms with van der Waals surface area (Å²) in [6.45, 7) is 2.53. The number of hydrogen-bond acceptors (Lipinski definition) is 4. The highest BCUT2D eigenvalue weighted by atomic mass is 79.9. The lowest BCUT2D eigenvalue weighted by Crippen LogP contribution is -2.44. The van der Waals surface area contributed by atoms with E-state index >= 15 is 0 Å². The summed E-state index contributed by atoms with van der Waals surface area (Å²) in [5, 5.41) is 0. The van der Waals surface area contributed by atoms with Crippen molar-refractivity contribution in [3.8, 4) is 5.75 Å². The summed E-state index contributed by atoms with van der Waals surface area (Å²) in [5.41, 5.74) is 1.07. The highest BCUT2D eigenvalue weighted by Gasteiger charge is 2.25. The molecule has 1 atom stereocenters. The maximum Gasteiger partial charge on any atom is 0.248 e. The van der Waals surface area contributed by atoms with Crippen molar-refractivity contribution in [3.63, 3.8) is 0 Å². The molecule has 1 fully saturated rings. The second-order valence-corrected chi connectivity index (χ2v) is 6.88. The lowest BCUT2D eigenvalue weighted by Gasteiger charge is -2.33. The van der Waals surface area contributed by atoms with Crippen LogP contribution in [0.15, 0.2) is 59.1 Å². The zero-order chi connectivity index (χ0) is 18.2. The van der Waals surface area contributed by atoms with E-state index in [1.165, 1.54) is 0 Å². The smallest absolute Gasteiger partial charge is 0.248 e. The fraction of sp³-hybridized carbons (Fsp3) is 0.350. The van der Waals surface area contributed by atoms with Gasteiger partial charge in [-0.15, -0.1) is 0 Å². The fourth-order valence-corrected chi connectivity index (χ4v) is 3.01. The molecule has 1 aliphatic rings. The predicted octanol–water partition coefficient (Wildman–Crippen LogP) is 3.44. The van der Waals surface area contributed by atoms with Crippen LogP contribution in [-0.4, -0.2) is 50.3 Å². The van der Waals surface area contributed by atoms with Crippen molar-refractivity contribution in [2.75, 3.05) is 39.5 Å². The van der Waals surface area contributed by atoms with Gasteiger partial charge in [-0.1, -0.05) is 46.3 Å². The maximum atomic E-state index is 12.4. The van der Waals surface area contributed by atoms with Crippen molar-refractivity contribution >= 4 is 21.8 Å². The summed E-state index contributed by atoms with van der Waals surface area (Å²) in [6.07, 6.45) is -0.0952. The number of nitrogens with zero attached hydrogens (tertiary/aromatic N) is 1. The summed E-state index contributed by atoms with van der Waals surface area (Å²) in [7, 11) is 0. The molecular formula is C20H22BrNO4. The Hall–Kier alpha value is -1.89. The van der Waals surface area contributed by atoms with E-state index in [2.05, 4.69) is 15.9 Å². The van der Waals surface area contributed by atoms with Crippen LogP contribution in [0.1, 0.15) is 11.7 Å². The van der Waals surface area contributed by atoms with Crippen LogP contribution in [0.25, 0.3) is 0 Å². The Labute approximate surface area is 162 Å². The Kier molecular flexibility index (Phi) is 7.05. The first-order valence-electron chi connectivity index (χ1n) is 8.63. The van der Waals surface area contributed by atoms with Gasteiger partial charge < -0.3 is 19.1 Å². The lowest BCUT2D eigenvalue weighted by molar-refractivity contribution is -0.144. The van der Waals surface area contributed by atoms with Crippen molar-refractivity contribution in [1.29, 1.82) is 0 Å². The molecule has 3 rings (SSSR count). The summed E-state index contributed by atoms with van der Waals surface area (Å²) in [4.78, 5) is 14.2. The van der Waals surface area contributed by atoms with E-state index < -0.39 is 0 Å². The SMILES string of the molecule is O=C(COCCOc1ccccc1)N1CCOC(c2ccc(Br)cc2)C1. The second-order valence-electron chi connectivity index (χ2n) is 5.96. The van der Waals surface area contributed by atoms with Crippen LogP contribution in [0.3, 0.4) is 0 Å². The van der Waals surface area contributed by atoms with Gasteiger partial charge in [0.25, 0.3) is 0 Å². The number of hydrogen-bond donors (Lipinski definition) is 0. The number of rotatable bonds is 7. The molecule has 2 aromatic rings. The number of carbonyl (C=O) groups is 1. The van der Waals surface area contributed by atoms with E-state index in [0.29, 0.717) is 32.9 Å². The molecule has 0 spiro atoms. The van der Waals surface area contributed by atoms with Gasteiger partial charge in [-0.3, -0.25) is 4.79 Å². The van der Waals surface area contributed by atoms with Gasteiger partial charge in [0, 0.05) is 11.0 Å². The number of halogens is 1. The average Bonchev–Trinajstić information content (AvgIpc) is 2.69. The molecular weight excluding hydrogens is 398 g/mol. The molecule has 138 valence electrons. The molecule has 26 heavy (non-hydrogen) atoms. The van der Waals surface area contributed by atoms with Crippen molar-refractivity contribution in [2.24, 2.45) is 0 Å². The zero-order valence-corrected chi connectivity index (χ0v) is 16.1. The largest absolute Gasteiger partial charge is 0.491 e. The van der Waals surface area contributed by atoms with Crippen LogP contribution in [-0.2, 0) is 14.3 Å². The molecule has 0 radical (unpaired) electrons. The van der Waals surface area contributed by atoms with Gasteiger partial charge in [-0.2, -0.15) is 0 Å². The molecule has 5 nitrogen and oxygen atoms in total. The summed E-state index contributed by atoms with van der Waals surface area (Å²) >= 11 is 3.43. The minimum atomic E-state index is -0.0952. The van der Waals surface area contributed by atoms with Crippen molar-refractivity contribution < 1.29 is 19.0 Å². The zero-order valence-electron chi connectivity index (χ0n) is 14.5. The second kappa shape index (κ2) is 9.71. The van der Waals surface area contributed by atoms with Crippen LogP contribution in [0.4, 0.5) is 0 Å². The summed E-state index contributed by atoms with van der Waals surface area (Å²) in [5.74, 6) is 0.781. The normalized spacial score (nSPS) is 17.1. The van der Waals surface area contributed by atoms with E-state index in [0.717, 1.165) is 15.8 Å². The number of para-hydroxylation sites is 1. The first-order valence-corrected chi connectivity index (χ1v) is 9.42. The third-order valence-electron chi connectivity index (χ3n) is 4.13. The Morgan fingerprint density at radius 2 is 1.88 bits per heavy atom. The molecule has 1 saturated heterocycles. The first kappa shape index (κ1) is 18.9. The Morgan fingerprint density at radius 1 is 1.12 bits per heavy atom. The quantitative estimate of drug-likeness (QED) is 0.644. The van der Waals surface area contributed by atoms with Gasteiger partial charge >= 0.3 is 0 Å². The van der Waals surface area contributed by atoms with Crippen LogP contribution >= 0.6 is 15.9 Å². The third kappa shape index (κ3) is 5.56.